The number of aromatic nitrogens is 1. The normalized spacial score (nSPS) is 10.6. The molecule has 0 aliphatic heterocycles. The number of hydrogen-bond donors (Lipinski definition) is 0. The van der Waals surface area contributed by atoms with Crippen LogP contribution in [0.4, 0.5) is 8.78 Å². The largest absolute Gasteiger partial charge is 0.469 e. The molecule has 0 fully saturated rings. The minimum Gasteiger partial charge on any atom is -0.469 e. The molecule has 0 amide bonds. The van der Waals surface area contributed by atoms with Gasteiger partial charge >= 0.3 is 5.97 Å². The third kappa shape index (κ3) is 2.61. The molecule has 1 aromatic carbocycles. The molecule has 94 valence electrons. The number of aryl methyl sites for hydroxylation is 1. The summed E-state index contributed by atoms with van der Waals surface area (Å²) in [7, 11) is 1.30. The molecule has 0 saturated carbocycles. The van der Waals surface area contributed by atoms with Crippen LogP contribution in [0.3, 0.4) is 0 Å². The monoisotopic (exact) mass is 251 g/mol. The molecule has 0 aliphatic carbocycles. The van der Waals surface area contributed by atoms with Gasteiger partial charge in [0.15, 0.2) is 5.82 Å². The van der Waals surface area contributed by atoms with Crippen LogP contribution >= 0.6 is 0 Å². The zero-order valence-electron chi connectivity index (χ0n) is 9.74. The Balaban J connectivity index is 2.30. The molecular formula is C13H11F2NO2. The molecule has 0 radical (unpaired) electrons. The number of carbonyl (C=O) groups excluding carboxylic acids is 1. The first-order valence-electron chi connectivity index (χ1n) is 5.41. The predicted molar refractivity (Wildman–Crippen MR) is 62.0 cm³/mol. The quantitative estimate of drug-likeness (QED) is 0.787. The number of pyridine rings is 1. The van der Waals surface area contributed by atoms with Crippen LogP contribution in [-0.2, 0) is 16.0 Å². The number of carbonyl (C=O) groups is 1. The topological polar surface area (TPSA) is 39.2 Å². The molecule has 2 rings (SSSR count). The van der Waals surface area contributed by atoms with Gasteiger partial charge in [0.1, 0.15) is 11.3 Å². The maximum Gasteiger partial charge on any atom is 0.305 e. The minimum absolute atomic E-state index is 0.110. The van der Waals surface area contributed by atoms with Crippen molar-refractivity contribution in [3.63, 3.8) is 0 Å². The average molecular weight is 251 g/mol. The van der Waals surface area contributed by atoms with Crippen LogP contribution in [0.25, 0.3) is 10.9 Å². The standard InChI is InChI=1S/C13H11F2NO2/c1-18-12(17)5-4-10-3-2-8-6-9(14)7-11(15)13(8)16-10/h2-3,6-7H,4-5H2,1H3. The van der Waals surface area contributed by atoms with Crippen LogP contribution < -0.4 is 0 Å². The molecule has 3 nitrogen and oxygen atoms in total. The van der Waals surface area contributed by atoms with Gasteiger partial charge < -0.3 is 4.74 Å². The Bertz CT molecular complexity index is 599. The van der Waals surface area contributed by atoms with Crippen molar-refractivity contribution >= 4 is 16.9 Å². The number of fused-ring (bicyclic) bond motifs is 1. The van der Waals surface area contributed by atoms with Crippen molar-refractivity contribution in [2.75, 3.05) is 7.11 Å². The molecule has 0 bridgehead atoms. The Labute approximate surface area is 102 Å². The summed E-state index contributed by atoms with van der Waals surface area (Å²) in [6.45, 7) is 0. The fourth-order valence-corrected chi connectivity index (χ4v) is 1.67. The highest BCUT2D eigenvalue weighted by Gasteiger charge is 2.08. The van der Waals surface area contributed by atoms with Crippen LogP contribution in [0.5, 0.6) is 0 Å². The number of ether oxygens (including phenoxy) is 1. The van der Waals surface area contributed by atoms with Gasteiger partial charge in [-0.3, -0.25) is 4.79 Å². The first-order valence-corrected chi connectivity index (χ1v) is 5.41. The molecule has 0 atom stereocenters. The lowest BCUT2D eigenvalue weighted by molar-refractivity contribution is -0.140. The van der Waals surface area contributed by atoms with Gasteiger partial charge in [-0.2, -0.15) is 0 Å². The second kappa shape index (κ2) is 5.08. The molecule has 0 saturated heterocycles. The summed E-state index contributed by atoms with van der Waals surface area (Å²) < 4.78 is 31.0. The Morgan fingerprint density at radius 1 is 1.33 bits per heavy atom. The summed E-state index contributed by atoms with van der Waals surface area (Å²) in [5, 5.41) is 0.398. The lowest BCUT2D eigenvalue weighted by Gasteiger charge is -2.03. The van der Waals surface area contributed by atoms with Crippen molar-refractivity contribution in [1.29, 1.82) is 0 Å². The fourth-order valence-electron chi connectivity index (χ4n) is 1.67. The molecule has 5 heteroatoms. The van der Waals surface area contributed by atoms with E-state index in [2.05, 4.69) is 9.72 Å². The van der Waals surface area contributed by atoms with Crippen LogP contribution in [0.2, 0.25) is 0 Å². The Hall–Kier alpha value is -2.04. The first kappa shape index (κ1) is 12.4. The zero-order valence-corrected chi connectivity index (χ0v) is 9.74. The number of hydrogen-bond acceptors (Lipinski definition) is 3. The van der Waals surface area contributed by atoms with Crippen LogP contribution in [-0.4, -0.2) is 18.1 Å². The number of esters is 1. The van der Waals surface area contributed by atoms with E-state index < -0.39 is 11.6 Å². The van der Waals surface area contributed by atoms with E-state index in [4.69, 9.17) is 0 Å². The fraction of sp³-hybridized carbons (Fsp3) is 0.231. The van der Waals surface area contributed by atoms with Crippen LogP contribution in [0, 0.1) is 11.6 Å². The molecule has 0 aliphatic rings. The molecule has 0 spiro atoms. The van der Waals surface area contributed by atoms with Crippen LogP contribution in [0.15, 0.2) is 24.3 Å². The predicted octanol–water partition coefficient (Wildman–Crippen LogP) is 2.62. The molecular weight excluding hydrogens is 240 g/mol. The van der Waals surface area contributed by atoms with Crippen molar-refractivity contribution in [3.8, 4) is 0 Å². The van der Waals surface area contributed by atoms with Gasteiger partial charge in [-0.25, -0.2) is 13.8 Å². The van der Waals surface area contributed by atoms with Gasteiger partial charge in [-0.15, -0.1) is 0 Å². The summed E-state index contributed by atoms with van der Waals surface area (Å²) in [5.41, 5.74) is 0.678. The summed E-state index contributed by atoms with van der Waals surface area (Å²) >= 11 is 0. The second-order valence-corrected chi connectivity index (χ2v) is 3.84. The van der Waals surface area contributed by atoms with Crippen LogP contribution in [0.1, 0.15) is 12.1 Å². The first-order chi connectivity index (χ1) is 8.60. The Kier molecular flexibility index (Phi) is 3.50. The smallest absolute Gasteiger partial charge is 0.305 e. The zero-order chi connectivity index (χ0) is 13.1. The summed E-state index contributed by atoms with van der Waals surface area (Å²) in [4.78, 5) is 15.1. The maximum atomic E-state index is 13.5. The van der Waals surface area contributed by atoms with E-state index in [-0.39, 0.29) is 17.9 Å². The molecule has 0 unspecified atom stereocenters. The SMILES string of the molecule is COC(=O)CCc1ccc2cc(F)cc(F)c2n1. The van der Waals surface area contributed by atoms with Gasteiger partial charge in [-0.1, -0.05) is 6.07 Å². The van der Waals surface area contributed by atoms with Gasteiger partial charge in [0, 0.05) is 23.6 Å². The van der Waals surface area contributed by atoms with E-state index in [9.17, 15) is 13.6 Å². The highest BCUT2D eigenvalue weighted by molar-refractivity contribution is 5.79. The van der Waals surface area contributed by atoms with E-state index in [1.54, 1.807) is 12.1 Å². The van der Waals surface area contributed by atoms with Gasteiger partial charge in [0.2, 0.25) is 0 Å². The molecule has 1 aromatic heterocycles. The summed E-state index contributed by atoms with van der Waals surface area (Å²) in [5.74, 6) is -1.69. The minimum atomic E-state index is -0.704. The number of rotatable bonds is 3. The molecule has 18 heavy (non-hydrogen) atoms. The number of halogens is 2. The Morgan fingerprint density at radius 2 is 2.11 bits per heavy atom. The van der Waals surface area contributed by atoms with Crippen molar-refractivity contribution in [2.24, 2.45) is 0 Å². The molecule has 1 heterocycles. The third-order valence-electron chi connectivity index (χ3n) is 2.58. The summed E-state index contributed by atoms with van der Waals surface area (Å²) in [6, 6.07) is 5.24. The van der Waals surface area contributed by atoms with Gasteiger partial charge in [0.25, 0.3) is 0 Å². The van der Waals surface area contributed by atoms with E-state index in [1.807, 2.05) is 0 Å². The van der Waals surface area contributed by atoms with Gasteiger partial charge in [0.05, 0.1) is 13.5 Å². The maximum absolute atomic E-state index is 13.5. The highest BCUT2D eigenvalue weighted by atomic mass is 19.1. The third-order valence-corrected chi connectivity index (χ3v) is 2.58. The van der Waals surface area contributed by atoms with E-state index in [1.165, 1.54) is 13.2 Å². The van der Waals surface area contributed by atoms with Gasteiger partial charge in [-0.05, 0) is 12.1 Å². The lowest BCUT2D eigenvalue weighted by atomic mass is 10.1. The van der Waals surface area contributed by atoms with E-state index >= 15 is 0 Å². The van der Waals surface area contributed by atoms with E-state index in [0.29, 0.717) is 17.5 Å². The molecule has 2 aromatic rings. The van der Waals surface area contributed by atoms with Crippen molar-refractivity contribution in [3.05, 3.63) is 41.6 Å². The second-order valence-electron chi connectivity index (χ2n) is 3.84. The summed E-state index contributed by atoms with van der Waals surface area (Å²) in [6.07, 6.45) is 0.539. The number of nitrogens with zero attached hydrogens (tertiary/aromatic N) is 1. The van der Waals surface area contributed by atoms with Crippen molar-refractivity contribution < 1.29 is 18.3 Å². The Morgan fingerprint density at radius 3 is 2.83 bits per heavy atom. The average Bonchev–Trinajstić information content (AvgIpc) is 2.36. The van der Waals surface area contributed by atoms with Crippen molar-refractivity contribution in [2.45, 2.75) is 12.8 Å². The van der Waals surface area contributed by atoms with Crippen molar-refractivity contribution in [1.82, 2.24) is 4.98 Å². The van der Waals surface area contributed by atoms with E-state index in [0.717, 1.165) is 6.07 Å². The highest BCUT2D eigenvalue weighted by Crippen LogP contribution is 2.18. The number of benzene rings is 1. The lowest BCUT2D eigenvalue weighted by Crippen LogP contribution is -2.03. The molecule has 0 N–H and O–H groups in total. The number of methoxy groups -OCH3 is 1.